The molecule has 0 unspecified atom stereocenters. The van der Waals surface area contributed by atoms with Crippen molar-refractivity contribution in [1.82, 2.24) is 10.6 Å². The van der Waals surface area contributed by atoms with Crippen LogP contribution >= 0.6 is 12.4 Å². The van der Waals surface area contributed by atoms with Crippen LogP contribution in [-0.4, -0.2) is 29.7 Å². The molecule has 16 heavy (non-hydrogen) atoms. The Balaban J connectivity index is 0.000000963. The maximum Gasteiger partial charge on any atom is 0.322 e. The fourth-order valence-corrected chi connectivity index (χ4v) is 3.34. The Morgan fingerprint density at radius 3 is 2.19 bits per heavy atom. The van der Waals surface area contributed by atoms with Gasteiger partial charge < -0.3 is 11.1 Å². The number of hydrogen-bond acceptors (Lipinski definition) is 3. The van der Waals surface area contributed by atoms with Crippen LogP contribution in [-0.2, 0) is 4.79 Å². The molecule has 0 aromatic rings. The molecule has 3 amide bonds. The molecule has 7 heteroatoms. The van der Waals surface area contributed by atoms with Gasteiger partial charge in [-0.15, -0.1) is 12.4 Å². The highest BCUT2D eigenvalue weighted by Crippen LogP contribution is 2.73. The molecule has 1 aliphatic heterocycles. The topological polar surface area (TPSA) is 84.2 Å². The molecular weight excluding hydrogens is 237 g/mol. The highest BCUT2D eigenvalue weighted by Gasteiger charge is 2.79. The Labute approximate surface area is 97.7 Å². The monoisotopic (exact) mass is 249 g/mol. The molecule has 1 saturated heterocycles. The fourth-order valence-electron chi connectivity index (χ4n) is 3.34. The molecule has 0 radical (unpaired) electrons. The molecule has 5 nitrogen and oxygen atoms in total. The Hall–Kier alpha value is -0.880. The van der Waals surface area contributed by atoms with Crippen molar-refractivity contribution in [3.8, 4) is 0 Å². The molecule has 3 saturated carbocycles. The Kier molecular flexibility index (Phi) is 2.08. The third-order valence-corrected chi connectivity index (χ3v) is 4.12. The summed E-state index contributed by atoms with van der Waals surface area (Å²) in [5.41, 5.74) is 2.98. The van der Waals surface area contributed by atoms with Crippen LogP contribution in [0.15, 0.2) is 0 Å². The number of alkyl halides is 1. The second kappa shape index (κ2) is 2.87. The molecule has 4 rings (SSSR count). The number of nitrogens with one attached hydrogen (secondary N) is 2. The molecule has 2 bridgehead atoms. The number of carbonyl (C=O) groups excluding carboxylic acids is 2. The van der Waals surface area contributed by atoms with Gasteiger partial charge in [0.1, 0.15) is 11.2 Å². The summed E-state index contributed by atoms with van der Waals surface area (Å²) in [6.45, 7) is 0.0284. The first-order valence-corrected chi connectivity index (χ1v) is 4.98. The van der Waals surface area contributed by atoms with E-state index >= 15 is 0 Å². The van der Waals surface area contributed by atoms with Crippen LogP contribution in [0.25, 0.3) is 0 Å². The first-order chi connectivity index (χ1) is 6.95. The summed E-state index contributed by atoms with van der Waals surface area (Å²) >= 11 is 0. The van der Waals surface area contributed by atoms with E-state index in [2.05, 4.69) is 10.6 Å². The maximum absolute atomic E-state index is 13.4. The molecule has 1 heterocycles. The van der Waals surface area contributed by atoms with E-state index in [1.54, 1.807) is 0 Å². The van der Waals surface area contributed by atoms with Gasteiger partial charge in [-0.2, -0.15) is 0 Å². The van der Waals surface area contributed by atoms with E-state index in [-0.39, 0.29) is 19.0 Å². The van der Waals surface area contributed by atoms with Gasteiger partial charge in [0, 0.05) is 12.0 Å². The fraction of sp³-hybridized carbons (Fsp3) is 0.778. The van der Waals surface area contributed by atoms with E-state index in [4.69, 9.17) is 5.73 Å². The Morgan fingerprint density at radius 1 is 1.31 bits per heavy atom. The van der Waals surface area contributed by atoms with Crippen molar-refractivity contribution in [1.29, 1.82) is 0 Å². The van der Waals surface area contributed by atoms with Crippen molar-refractivity contribution in [3.63, 3.8) is 0 Å². The highest BCUT2D eigenvalue weighted by atomic mass is 35.5. The summed E-state index contributed by atoms with van der Waals surface area (Å²) in [6.07, 6.45) is 1.01. The molecule has 90 valence electrons. The van der Waals surface area contributed by atoms with Crippen LogP contribution in [0.5, 0.6) is 0 Å². The smallest absolute Gasteiger partial charge is 0.322 e. The minimum atomic E-state index is -1.10. The number of amides is 3. The second-order valence-electron chi connectivity index (χ2n) is 4.98. The van der Waals surface area contributed by atoms with E-state index in [1.807, 2.05) is 0 Å². The van der Waals surface area contributed by atoms with E-state index in [0.29, 0.717) is 19.3 Å². The predicted octanol–water partition coefficient (Wildman–Crippen LogP) is -0.163. The number of carbonyl (C=O) groups is 2. The molecule has 4 fully saturated rings. The molecule has 0 aromatic carbocycles. The number of urea groups is 1. The van der Waals surface area contributed by atoms with Gasteiger partial charge in [-0.1, -0.05) is 0 Å². The maximum atomic E-state index is 13.4. The first-order valence-electron chi connectivity index (χ1n) is 4.98. The van der Waals surface area contributed by atoms with Crippen molar-refractivity contribution >= 4 is 24.3 Å². The molecule has 3 aliphatic carbocycles. The minimum absolute atomic E-state index is 0. The van der Waals surface area contributed by atoms with Gasteiger partial charge in [-0.05, 0) is 19.3 Å². The van der Waals surface area contributed by atoms with Crippen LogP contribution in [0, 0.1) is 5.41 Å². The number of nitrogens with two attached hydrogens (primary N) is 1. The van der Waals surface area contributed by atoms with Gasteiger partial charge >= 0.3 is 6.03 Å². The van der Waals surface area contributed by atoms with E-state index < -0.39 is 28.6 Å². The van der Waals surface area contributed by atoms with Crippen molar-refractivity contribution < 1.29 is 14.0 Å². The largest absolute Gasteiger partial charge is 0.328 e. The number of hydrogen-bond donors (Lipinski definition) is 3. The van der Waals surface area contributed by atoms with Crippen LogP contribution in [0.2, 0.25) is 0 Å². The standard InChI is InChI=1S/C9H12FN3O2.ClH/c10-8-1-7(2-8,3-8)9(4-11)5(14)12-6(15)13-9;/h1-4,11H2,(H2,12,13,14,15);1H/t7?,8?,9-;/m1./s1. The van der Waals surface area contributed by atoms with Crippen LogP contribution < -0.4 is 16.4 Å². The molecule has 4 N–H and O–H groups in total. The molecular formula is C9H13ClFN3O2. The summed E-state index contributed by atoms with van der Waals surface area (Å²) in [5, 5.41) is 4.75. The summed E-state index contributed by atoms with van der Waals surface area (Å²) in [5.74, 6) is -0.406. The van der Waals surface area contributed by atoms with Gasteiger partial charge in [0.15, 0.2) is 0 Å². The Bertz CT molecular complexity index is 369. The number of rotatable bonds is 2. The average molecular weight is 250 g/mol. The molecule has 1 atom stereocenters. The minimum Gasteiger partial charge on any atom is -0.328 e. The number of halogens is 2. The summed E-state index contributed by atoms with van der Waals surface area (Å²) in [4.78, 5) is 22.8. The molecule has 4 aliphatic rings. The van der Waals surface area contributed by atoms with Crippen molar-refractivity contribution in [3.05, 3.63) is 0 Å². The van der Waals surface area contributed by atoms with Crippen molar-refractivity contribution in [2.75, 3.05) is 6.54 Å². The molecule has 0 spiro atoms. The van der Waals surface area contributed by atoms with Crippen molar-refractivity contribution in [2.45, 2.75) is 30.5 Å². The lowest BCUT2D eigenvalue weighted by Gasteiger charge is -2.70. The zero-order valence-corrected chi connectivity index (χ0v) is 9.32. The zero-order chi connectivity index (χ0) is 10.9. The Morgan fingerprint density at radius 2 is 1.88 bits per heavy atom. The molecule has 0 aromatic heterocycles. The third kappa shape index (κ3) is 0.990. The van der Waals surface area contributed by atoms with Gasteiger partial charge in [-0.3, -0.25) is 10.1 Å². The summed E-state index contributed by atoms with van der Waals surface area (Å²) in [7, 11) is 0. The quantitative estimate of drug-likeness (QED) is 0.595. The number of imide groups is 1. The van der Waals surface area contributed by atoms with Crippen LogP contribution in [0.4, 0.5) is 9.18 Å². The normalized spacial score (nSPS) is 48.4. The lowest BCUT2D eigenvalue weighted by molar-refractivity contribution is -0.245. The average Bonchev–Trinajstić information content (AvgIpc) is 2.35. The second-order valence-corrected chi connectivity index (χ2v) is 4.98. The first kappa shape index (κ1) is 11.6. The van der Waals surface area contributed by atoms with E-state index in [1.165, 1.54) is 0 Å². The van der Waals surface area contributed by atoms with Gasteiger partial charge in [0.25, 0.3) is 5.91 Å². The van der Waals surface area contributed by atoms with Crippen molar-refractivity contribution in [2.24, 2.45) is 11.1 Å². The predicted molar refractivity (Wildman–Crippen MR) is 55.8 cm³/mol. The van der Waals surface area contributed by atoms with E-state index in [0.717, 1.165) is 0 Å². The van der Waals surface area contributed by atoms with Gasteiger partial charge in [0.2, 0.25) is 0 Å². The van der Waals surface area contributed by atoms with Gasteiger partial charge in [-0.25, -0.2) is 9.18 Å². The SMILES string of the molecule is Cl.NC[C@@]1(C23CC(F)(C2)C3)NC(=O)NC1=O. The zero-order valence-electron chi connectivity index (χ0n) is 8.51. The summed E-state index contributed by atoms with van der Waals surface area (Å²) in [6, 6.07) is -0.525. The highest BCUT2D eigenvalue weighted by molar-refractivity contribution is 6.08. The van der Waals surface area contributed by atoms with Gasteiger partial charge in [0.05, 0.1) is 0 Å². The van der Waals surface area contributed by atoms with Crippen LogP contribution in [0.1, 0.15) is 19.3 Å². The van der Waals surface area contributed by atoms with E-state index in [9.17, 15) is 14.0 Å². The third-order valence-electron chi connectivity index (χ3n) is 4.12. The lowest BCUT2D eigenvalue weighted by atomic mass is 9.36. The summed E-state index contributed by atoms with van der Waals surface area (Å²) < 4.78 is 13.4. The van der Waals surface area contributed by atoms with Crippen LogP contribution in [0.3, 0.4) is 0 Å². The lowest BCUT2D eigenvalue weighted by Crippen LogP contribution is -2.80.